The van der Waals surface area contributed by atoms with Gasteiger partial charge in [0, 0.05) is 81.0 Å². The van der Waals surface area contributed by atoms with Crippen molar-refractivity contribution in [1.29, 1.82) is 0 Å². The lowest BCUT2D eigenvalue weighted by atomic mass is 9.84. The van der Waals surface area contributed by atoms with Crippen molar-refractivity contribution in [1.82, 2.24) is 35.1 Å². The summed E-state index contributed by atoms with van der Waals surface area (Å²) in [4.78, 5) is 65.2. The minimum atomic E-state index is -1.13. The molecule has 3 aliphatic heterocycles. The van der Waals surface area contributed by atoms with Gasteiger partial charge in [0.25, 0.3) is 5.91 Å². The molecule has 15 nitrogen and oxygen atoms in total. The molecule has 0 aliphatic carbocycles. The quantitative estimate of drug-likeness (QED) is 0.148. The molecule has 0 saturated carbocycles. The van der Waals surface area contributed by atoms with E-state index in [0.717, 1.165) is 44.4 Å². The maximum absolute atomic E-state index is 14.7. The Kier molecular flexibility index (Phi) is 14.7. The molecule has 6 bridgehead atoms. The predicted molar refractivity (Wildman–Crippen MR) is 248 cm³/mol. The molecule has 4 N–H and O–H groups in total. The first-order chi connectivity index (χ1) is 31.0. The van der Waals surface area contributed by atoms with E-state index >= 15 is 0 Å². The summed E-state index contributed by atoms with van der Waals surface area (Å²) >= 11 is 0. The van der Waals surface area contributed by atoms with Gasteiger partial charge in [0.05, 0.1) is 30.9 Å². The number of ether oxygens (including phenoxy) is 2. The van der Waals surface area contributed by atoms with Crippen LogP contribution < -0.4 is 10.7 Å². The molecule has 5 atom stereocenters. The van der Waals surface area contributed by atoms with Crippen molar-refractivity contribution in [3.63, 3.8) is 0 Å². The van der Waals surface area contributed by atoms with E-state index in [2.05, 4.69) is 58.1 Å². The molecule has 0 spiro atoms. The number of hydrazine groups is 1. The number of methoxy groups -OCH3 is 1. The first-order valence-corrected chi connectivity index (χ1v) is 23.1. The number of rotatable bonds is 11. The Morgan fingerprint density at radius 3 is 2.58 bits per heavy atom. The molecule has 1 unspecified atom stereocenters. The molecule has 2 saturated heterocycles. The van der Waals surface area contributed by atoms with Crippen LogP contribution in [0, 0.1) is 17.3 Å². The van der Waals surface area contributed by atoms with Gasteiger partial charge in [0.1, 0.15) is 23.9 Å². The van der Waals surface area contributed by atoms with Crippen molar-refractivity contribution in [3.05, 3.63) is 71.5 Å². The summed E-state index contributed by atoms with van der Waals surface area (Å²) in [6, 6.07) is 10.6. The summed E-state index contributed by atoms with van der Waals surface area (Å²) in [6.45, 7) is 14.8. The van der Waals surface area contributed by atoms with Crippen molar-refractivity contribution >= 4 is 34.6 Å². The molecule has 5 heterocycles. The number of nitrogens with zero attached hydrogens (tertiary/aromatic N) is 5. The number of cyclic esters (lactones) is 1. The van der Waals surface area contributed by atoms with Crippen molar-refractivity contribution < 1.29 is 38.9 Å². The van der Waals surface area contributed by atoms with Crippen LogP contribution in [0.15, 0.2) is 54.9 Å². The summed E-state index contributed by atoms with van der Waals surface area (Å²) in [5, 5.41) is 26.7. The van der Waals surface area contributed by atoms with Gasteiger partial charge in [0.2, 0.25) is 11.8 Å². The van der Waals surface area contributed by atoms with Crippen LogP contribution in [0.3, 0.4) is 0 Å². The maximum atomic E-state index is 14.7. The lowest BCUT2D eigenvalue weighted by molar-refractivity contribution is -0.155. The van der Waals surface area contributed by atoms with Gasteiger partial charge in [-0.1, -0.05) is 39.8 Å². The topological polar surface area (TPSA) is 179 Å². The first kappa shape index (κ1) is 47.6. The van der Waals surface area contributed by atoms with Crippen LogP contribution in [-0.2, 0) is 54.6 Å². The molecule has 350 valence electrons. The fourth-order valence-electron chi connectivity index (χ4n) is 10.1. The zero-order chi connectivity index (χ0) is 46.7. The number of likely N-dealkylation sites (tertiary alicyclic amines) is 1. The number of hydrogen-bond acceptors (Lipinski definition) is 11. The van der Waals surface area contributed by atoms with Crippen molar-refractivity contribution in [2.45, 2.75) is 111 Å². The van der Waals surface area contributed by atoms with Crippen molar-refractivity contribution in [2.24, 2.45) is 17.3 Å². The minimum absolute atomic E-state index is 0.00256. The zero-order valence-corrected chi connectivity index (χ0v) is 39.2. The Hall–Kier alpha value is -5.35. The van der Waals surface area contributed by atoms with Crippen LogP contribution in [0.5, 0.6) is 5.75 Å². The van der Waals surface area contributed by atoms with E-state index in [1.54, 1.807) is 39.4 Å². The SMILES string of the molecule is CCn1c(-c2cnccc2COC)c2c3cc(ccc31)-c1cc(O)cc(c1)C[C@H](NC(=O)C(C(C)C)N(C)C(=O)[C@H]1CCN(C[C@@H](C)O)C1)C(=O)N1CCC[C@H](N1)C(=O)OCC(C)(C)C2. The normalized spacial score (nSPS) is 21.5. The summed E-state index contributed by atoms with van der Waals surface area (Å²) in [5.41, 5.74) is 9.83. The Balaban J connectivity index is 1.29. The molecule has 65 heavy (non-hydrogen) atoms. The number of aryl methyl sites for hydroxylation is 1. The van der Waals surface area contributed by atoms with Crippen molar-refractivity contribution in [3.8, 4) is 28.1 Å². The van der Waals surface area contributed by atoms with Gasteiger partial charge in [-0.2, -0.15) is 0 Å². The van der Waals surface area contributed by atoms with Gasteiger partial charge >= 0.3 is 5.97 Å². The molecular formula is C50H67N7O8. The number of esters is 1. The highest BCUT2D eigenvalue weighted by Gasteiger charge is 2.40. The molecule has 0 radical (unpaired) electrons. The fraction of sp³-hybridized carbons (Fsp3) is 0.540. The molecule has 7 rings (SSSR count). The van der Waals surface area contributed by atoms with Crippen LogP contribution >= 0.6 is 0 Å². The number of aliphatic hydroxyl groups excluding tert-OH is 1. The third kappa shape index (κ3) is 10.5. The van der Waals surface area contributed by atoms with Crippen LogP contribution in [-0.4, -0.2) is 129 Å². The summed E-state index contributed by atoms with van der Waals surface area (Å²) in [7, 11) is 3.31. The van der Waals surface area contributed by atoms with E-state index in [1.807, 2.05) is 38.2 Å². The van der Waals surface area contributed by atoms with E-state index in [1.165, 1.54) is 9.91 Å². The number of β-amino-alcohol motifs (C(OH)–C–C–N with tert-alkyl or cyclic N) is 1. The highest BCUT2D eigenvalue weighted by molar-refractivity contribution is 5.96. The van der Waals surface area contributed by atoms with E-state index in [4.69, 9.17) is 9.47 Å². The Labute approximate surface area is 382 Å². The number of nitrogens with one attached hydrogen (secondary N) is 2. The van der Waals surface area contributed by atoms with Gasteiger partial charge < -0.3 is 34.5 Å². The second kappa shape index (κ2) is 20.0. The van der Waals surface area contributed by atoms with Crippen LogP contribution in [0.2, 0.25) is 0 Å². The van der Waals surface area contributed by atoms with Gasteiger partial charge in [-0.15, -0.1) is 0 Å². The van der Waals surface area contributed by atoms with Gasteiger partial charge in [-0.25, -0.2) is 5.43 Å². The number of benzene rings is 2. The molecular weight excluding hydrogens is 827 g/mol. The monoisotopic (exact) mass is 894 g/mol. The number of fused-ring (bicyclic) bond motifs is 6. The minimum Gasteiger partial charge on any atom is -0.508 e. The lowest BCUT2D eigenvalue weighted by Crippen LogP contribution is -2.62. The molecule has 2 fully saturated rings. The summed E-state index contributed by atoms with van der Waals surface area (Å²) < 4.78 is 14.0. The molecule has 2 aromatic carbocycles. The number of likely N-dealkylation sites (N-methyl/N-ethyl adjacent to an activating group) is 1. The summed E-state index contributed by atoms with van der Waals surface area (Å²) in [5.74, 6) is -2.20. The zero-order valence-electron chi connectivity index (χ0n) is 39.2. The molecule has 2 aromatic heterocycles. The van der Waals surface area contributed by atoms with Gasteiger partial charge in [0.15, 0.2) is 0 Å². The fourth-order valence-corrected chi connectivity index (χ4v) is 10.1. The highest BCUT2D eigenvalue weighted by Crippen LogP contribution is 2.41. The average molecular weight is 894 g/mol. The Morgan fingerprint density at radius 1 is 1.08 bits per heavy atom. The first-order valence-electron chi connectivity index (χ1n) is 23.1. The largest absolute Gasteiger partial charge is 0.508 e. The van der Waals surface area contributed by atoms with Crippen LogP contribution in [0.25, 0.3) is 33.3 Å². The number of amides is 3. The van der Waals surface area contributed by atoms with E-state index in [-0.39, 0.29) is 36.5 Å². The third-order valence-electron chi connectivity index (χ3n) is 13.1. The molecule has 15 heteroatoms. The average Bonchev–Trinajstić information content (AvgIpc) is 3.85. The maximum Gasteiger partial charge on any atom is 0.324 e. The van der Waals surface area contributed by atoms with Crippen LogP contribution in [0.4, 0.5) is 0 Å². The number of phenolic OH excluding ortho intramolecular Hbond substituents is 1. The van der Waals surface area contributed by atoms with E-state index in [0.29, 0.717) is 70.6 Å². The Bertz CT molecular complexity index is 2390. The third-order valence-corrected chi connectivity index (χ3v) is 13.1. The smallest absolute Gasteiger partial charge is 0.324 e. The Morgan fingerprint density at radius 2 is 1.86 bits per heavy atom. The summed E-state index contributed by atoms with van der Waals surface area (Å²) in [6.07, 6.45) is 5.29. The number of hydrogen-bond donors (Lipinski definition) is 4. The number of phenols is 1. The number of carbonyl (C=O) groups is 4. The standard InChI is InChI=1S/C50H67N7O8/c1-9-56-43-13-12-33-23-38(43)39(45(56)40-25-51-16-14-35(40)28-64-8)24-50(5,6)29-65-49(63)41-11-10-17-57(53-41)48(62)42(21-32-19-36(33)22-37(59)20-32)52-46(60)44(30(2)3)54(7)47(61)34-15-18-55(27-34)26-31(4)58/h12-14,16,19-20,22-23,25,30-31,34,41-42,44,53,58-59H,9-11,15,17-18,21,24,26-29H2,1-8H3,(H,52,60)/t31-,34+,41+,42+,44?/m1/s1. The molecule has 3 amide bonds. The number of aromatic nitrogens is 2. The second-order valence-electron chi connectivity index (χ2n) is 19.4. The second-order valence-corrected chi connectivity index (χ2v) is 19.4. The lowest BCUT2D eigenvalue weighted by Gasteiger charge is -2.37. The van der Waals surface area contributed by atoms with Crippen molar-refractivity contribution in [2.75, 3.05) is 46.9 Å². The highest BCUT2D eigenvalue weighted by atomic mass is 16.5. The van der Waals surface area contributed by atoms with Gasteiger partial charge in [-0.05, 0) is 110 Å². The van der Waals surface area contributed by atoms with Crippen LogP contribution in [0.1, 0.15) is 77.5 Å². The number of carbonyl (C=O) groups excluding carboxylic acids is 4. The molecule has 4 aromatic rings. The predicted octanol–water partition coefficient (Wildman–Crippen LogP) is 5.08. The number of pyridine rings is 1. The van der Waals surface area contributed by atoms with Gasteiger partial charge in [-0.3, -0.25) is 34.1 Å². The molecule has 3 aliphatic rings. The number of aromatic hydroxyl groups is 1. The van der Waals surface area contributed by atoms with E-state index in [9.17, 15) is 29.4 Å². The van der Waals surface area contributed by atoms with E-state index < -0.39 is 47.4 Å². The number of aliphatic hydroxyl groups is 1.